The Morgan fingerprint density at radius 1 is 0.314 bits per heavy atom. The number of rotatable bonds is 67. The fourth-order valence-corrected chi connectivity index (χ4v) is 11.7. The van der Waals surface area contributed by atoms with Gasteiger partial charge in [0.2, 0.25) is 0 Å². The molecule has 0 radical (unpaired) electrons. The molecule has 0 heterocycles. The van der Waals surface area contributed by atoms with Gasteiger partial charge in [-0.2, -0.15) is 0 Å². The number of ether oxygens (including phenoxy) is 4. The first-order chi connectivity index (χ1) is 41.5. The first-order valence-corrected chi connectivity index (χ1v) is 38.1. The number of carbonyl (C=O) groups excluding carboxylic acids is 4. The molecule has 0 aromatic carbocycles. The number of hydrogen-bond donors (Lipinski definition) is 3. The van der Waals surface area contributed by atoms with E-state index in [-0.39, 0.29) is 25.7 Å². The Labute approximate surface area is 524 Å². The van der Waals surface area contributed by atoms with Gasteiger partial charge in [0.1, 0.15) is 19.3 Å². The maximum absolute atomic E-state index is 13.0. The van der Waals surface area contributed by atoms with Crippen LogP contribution < -0.4 is 0 Å². The average molecular weight is 1270 g/mol. The van der Waals surface area contributed by atoms with E-state index < -0.39 is 97.5 Å². The highest BCUT2D eigenvalue weighted by atomic mass is 31.2. The lowest BCUT2D eigenvalue weighted by Gasteiger charge is -2.21. The molecule has 0 saturated heterocycles. The minimum Gasteiger partial charge on any atom is -0.462 e. The van der Waals surface area contributed by atoms with Crippen LogP contribution in [-0.2, 0) is 65.4 Å². The van der Waals surface area contributed by atoms with Crippen molar-refractivity contribution in [2.45, 2.75) is 361 Å². The Kier molecular flexibility index (Phi) is 59.2. The van der Waals surface area contributed by atoms with E-state index >= 15 is 0 Å². The van der Waals surface area contributed by atoms with Gasteiger partial charge in [-0.25, -0.2) is 9.13 Å². The van der Waals surface area contributed by atoms with Crippen LogP contribution in [-0.4, -0.2) is 96.7 Å². The molecule has 3 N–H and O–H groups in total. The van der Waals surface area contributed by atoms with Crippen molar-refractivity contribution >= 4 is 39.5 Å². The summed E-state index contributed by atoms with van der Waals surface area (Å²) in [6.45, 7) is 7.19. The number of hydrogen-bond acceptors (Lipinski definition) is 15. The molecule has 0 bridgehead atoms. The van der Waals surface area contributed by atoms with E-state index in [0.29, 0.717) is 25.7 Å². The van der Waals surface area contributed by atoms with Crippen molar-refractivity contribution in [2.24, 2.45) is 5.92 Å². The molecule has 19 heteroatoms. The van der Waals surface area contributed by atoms with E-state index in [1.165, 1.54) is 154 Å². The van der Waals surface area contributed by atoms with Crippen LogP contribution >= 0.6 is 15.6 Å². The van der Waals surface area contributed by atoms with Gasteiger partial charge in [-0.05, 0) is 31.6 Å². The van der Waals surface area contributed by atoms with Crippen molar-refractivity contribution in [1.82, 2.24) is 0 Å². The van der Waals surface area contributed by atoms with Crippen molar-refractivity contribution in [1.29, 1.82) is 0 Å². The lowest BCUT2D eigenvalue weighted by Crippen LogP contribution is -2.30. The van der Waals surface area contributed by atoms with E-state index in [9.17, 15) is 43.2 Å². The fourth-order valence-electron chi connectivity index (χ4n) is 10.1. The van der Waals surface area contributed by atoms with Crippen LogP contribution in [0.25, 0.3) is 0 Å². The Morgan fingerprint density at radius 3 is 0.791 bits per heavy atom. The molecule has 0 aliphatic heterocycles. The van der Waals surface area contributed by atoms with Gasteiger partial charge in [0.15, 0.2) is 12.2 Å². The monoisotopic (exact) mass is 1270 g/mol. The maximum atomic E-state index is 13.0. The SMILES string of the molecule is CCCCCCCCCCCCCCCC(=O)OC[C@H](COP(=O)(O)OC[C@@H](O)COP(=O)(O)OC[C@@H](COC(=O)CCCCCCCCCC)OC(=O)CCCCCCCCCC)OC(=O)CCCCCCCCCCCCCCCCC(C)C. The first kappa shape index (κ1) is 84.1. The molecule has 0 aliphatic carbocycles. The smallest absolute Gasteiger partial charge is 0.462 e. The molecule has 0 amide bonds. The molecule has 0 aliphatic rings. The number of esters is 4. The Balaban J connectivity index is 5.18. The normalized spacial score (nSPS) is 14.2. The molecule has 86 heavy (non-hydrogen) atoms. The third-order valence-electron chi connectivity index (χ3n) is 15.5. The molecule has 17 nitrogen and oxygen atoms in total. The number of carbonyl (C=O) groups is 4. The maximum Gasteiger partial charge on any atom is 0.472 e. The van der Waals surface area contributed by atoms with Gasteiger partial charge < -0.3 is 33.8 Å². The quantitative estimate of drug-likeness (QED) is 0.0222. The number of phosphoric acid groups is 2. The van der Waals surface area contributed by atoms with E-state index in [0.717, 1.165) is 109 Å². The number of unbranched alkanes of at least 4 members (excludes halogenated alkanes) is 39. The Hall–Kier alpha value is -1.94. The predicted molar refractivity (Wildman–Crippen MR) is 345 cm³/mol. The summed E-state index contributed by atoms with van der Waals surface area (Å²) in [5, 5.41) is 10.5. The topological polar surface area (TPSA) is 237 Å². The molecule has 5 atom stereocenters. The van der Waals surface area contributed by atoms with Crippen LogP contribution in [0.2, 0.25) is 0 Å². The van der Waals surface area contributed by atoms with Crippen LogP contribution in [0.15, 0.2) is 0 Å². The molecule has 510 valence electrons. The molecule has 0 rings (SSSR count). The predicted octanol–water partition coefficient (Wildman–Crippen LogP) is 19.0. The minimum absolute atomic E-state index is 0.105. The summed E-state index contributed by atoms with van der Waals surface area (Å²) in [7, 11) is -9.88. The van der Waals surface area contributed by atoms with Crippen molar-refractivity contribution in [3.63, 3.8) is 0 Å². The molecule has 0 aromatic heterocycles. The molecule has 0 saturated carbocycles. The number of phosphoric ester groups is 2. The number of aliphatic hydroxyl groups excluding tert-OH is 1. The van der Waals surface area contributed by atoms with Crippen molar-refractivity contribution in [3.8, 4) is 0 Å². The Morgan fingerprint density at radius 2 is 0.535 bits per heavy atom. The highest BCUT2D eigenvalue weighted by molar-refractivity contribution is 7.47. The third-order valence-corrected chi connectivity index (χ3v) is 17.4. The zero-order valence-electron chi connectivity index (χ0n) is 55.4. The van der Waals surface area contributed by atoms with Crippen molar-refractivity contribution in [2.75, 3.05) is 39.6 Å². The fraction of sp³-hybridized carbons (Fsp3) is 0.940. The highest BCUT2D eigenvalue weighted by Crippen LogP contribution is 2.45. The lowest BCUT2D eigenvalue weighted by molar-refractivity contribution is -0.161. The van der Waals surface area contributed by atoms with Gasteiger partial charge in [-0.15, -0.1) is 0 Å². The summed E-state index contributed by atoms with van der Waals surface area (Å²) in [4.78, 5) is 72.2. The standard InChI is InChI=1S/C67H130O17P2/c1-6-9-12-15-18-21-22-25-29-32-37-41-46-51-65(70)78-57-63(84-67(72)53-48-43-38-33-30-27-24-23-26-28-31-34-39-44-49-60(4)5)59-82-86(75,76)80-55-61(68)54-79-85(73,74)81-58-62(83-66(71)52-47-42-36-20-17-14-11-8-3)56-77-64(69)50-45-40-35-19-16-13-10-7-2/h60-63,68H,6-59H2,1-5H3,(H,73,74)(H,75,76)/t61-,62+,63+/m0/s1. The molecule has 0 aromatic rings. The van der Waals surface area contributed by atoms with Crippen LogP contribution in [0.5, 0.6) is 0 Å². The zero-order chi connectivity index (χ0) is 63.5. The summed E-state index contributed by atoms with van der Waals surface area (Å²) in [5.74, 6) is -1.34. The van der Waals surface area contributed by atoms with Crippen LogP contribution in [0, 0.1) is 5.92 Å². The number of aliphatic hydroxyl groups is 1. The molecule has 0 spiro atoms. The second-order valence-corrected chi connectivity index (χ2v) is 27.6. The van der Waals surface area contributed by atoms with Gasteiger partial charge in [0.05, 0.1) is 26.4 Å². The molecular formula is C67H130O17P2. The van der Waals surface area contributed by atoms with Gasteiger partial charge in [-0.1, -0.05) is 291 Å². The minimum atomic E-state index is -4.95. The van der Waals surface area contributed by atoms with E-state index in [1.807, 2.05) is 0 Å². The van der Waals surface area contributed by atoms with Crippen LogP contribution in [0.3, 0.4) is 0 Å². The second kappa shape index (κ2) is 60.6. The summed E-state index contributed by atoms with van der Waals surface area (Å²) in [6, 6.07) is 0. The van der Waals surface area contributed by atoms with Gasteiger partial charge >= 0.3 is 39.5 Å². The second-order valence-electron chi connectivity index (χ2n) is 24.7. The van der Waals surface area contributed by atoms with E-state index in [4.69, 9.17) is 37.0 Å². The molecule has 2 unspecified atom stereocenters. The van der Waals surface area contributed by atoms with Gasteiger partial charge in [0.25, 0.3) is 0 Å². The summed E-state index contributed by atoms with van der Waals surface area (Å²) in [5.41, 5.74) is 0. The van der Waals surface area contributed by atoms with E-state index in [2.05, 4.69) is 34.6 Å². The van der Waals surface area contributed by atoms with Crippen LogP contribution in [0.4, 0.5) is 0 Å². The third kappa shape index (κ3) is 60.9. The summed E-state index contributed by atoms with van der Waals surface area (Å²) >= 11 is 0. The molecule has 0 fully saturated rings. The highest BCUT2D eigenvalue weighted by Gasteiger charge is 2.30. The lowest BCUT2D eigenvalue weighted by atomic mass is 10.0. The molecular weight excluding hydrogens is 1140 g/mol. The Bertz CT molecular complexity index is 1670. The average Bonchev–Trinajstić information content (AvgIpc) is 3.69. The van der Waals surface area contributed by atoms with Gasteiger partial charge in [-0.3, -0.25) is 37.3 Å². The van der Waals surface area contributed by atoms with Crippen LogP contribution in [0.1, 0.15) is 343 Å². The largest absolute Gasteiger partial charge is 0.472 e. The van der Waals surface area contributed by atoms with Crippen molar-refractivity contribution in [3.05, 3.63) is 0 Å². The van der Waals surface area contributed by atoms with Gasteiger partial charge in [0, 0.05) is 25.7 Å². The zero-order valence-corrected chi connectivity index (χ0v) is 57.2. The summed E-state index contributed by atoms with van der Waals surface area (Å²) in [6.07, 6.45) is 45.9. The van der Waals surface area contributed by atoms with Crippen molar-refractivity contribution < 1.29 is 80.2 Å². The summed E-state index contributed by atoms with van der Waals surface area (Å²) < 4.78 is 68.0. The van der Waals surface area contributed by atoms with E-state index in [1.54, 1.807) is 0 Å². The first-order valence-electron chi connectivity index (χ1n) is 35.1.